The maximum atomic E-state index is 12.3. The van der Waals surface area contributed by atoms with Gasteiger partial charge < -0.3 is 39.9 Å². The minimum Gasteiger partial charge on any atom is -0.495 e. The van der Waals surface area contributed by atoms with Crippen molar-refractivity contribution in [3.8, 4) is 28.4 Å². The van der Waals surface area contributed by atoms with Crippen LogP contribution in [0.15, 0.2) is 72.0 Å². The summed E-state index contributed by atoms with van der Waals surface area (Å²) in [6, 6.07) is 13.2. The summed E-state index contributed by atoms with van der Waals surface area (Å²) in [6.07, 6.45) is 5.40. The van der Waals surface area contributed by atoms with Crippen LogP contribution in [0.25, 0.3) is 33.6 Å². The number of morpholine rings is 1. The third-order valence-corrected chi connectivity index (χ3v) is 7.30. The number of hydrogen-bond acceptors (Lipinski definition) is 10. The predicted octanol–water partition coefficient (Wildman–Crippen LogP) is 4.74. The number of amides is 1. The van der Waals surface area contributed by atoms with Crippen LogP contribution in [-0.2, 0) is 16.0 Å². The minimum absolute atomic E-state index is 0.0601. The number of benzene rings is 2. The van der Waals surface area contributed by atoms with Gasteiger partial charge in [-0.25, -0.2) is 15.0 Å². The molecule has 1 amide bonds. The van der Waals surface area contributed by atoms with Gasteiger partial charge in [0.1, 0.15) is 17.2 Å². The molecule has 4 heterocycles. The summed E-state index contributed by atoms with van der Waals surface area (Å²) < 4.78 is 17.3. The van der Waals surface area contributed by atoms with Crippen molar-refractivity contribution in [3.05, 3.63) is 79.0 Å². The highest BCUT2D eigenvalue weighted by Crippen LogP contribution is 2.38. The molecule has 3 aromatic heterocycles. The van der Waals surface area contributed by atoms with Crippen LogP contribution in [0, 0.1) is 0 Å². The number of anilines is 3. The first-order valence-electron chi connectivity index (χ1n) is 14.3. The van der Waals surface area contributed by atoms with Crippen LogP contribution < -0.4 is 20.7 Å². The number of fused-ring (bicyclic) bond motifs is 1. The van der Waals surface area contributed by atoms with E-state index in [1.807, 2.05) is 30.3 Å². The van der Waals surface area contributed by atoms with Crippen LogP contribution in [0.2, 0.25) is 0 Å². The lowest BCUT2D eigenvalue weighted by atomic mass is 10.0. The fourth-order valence-electron chi connectivity index (χ4n) is 5.15. The topological polar surface area (TPSA) is 159 Å². The Balaban J connectivity index is 1.37. The SMILES string of the molecule is C=CC(=O)Nc1cc(Nc2nccc(-c3[nH]c(CCCO)nc3-c3ccc4ccoc4c3)n2)c(OC)cc1C1CNCCO1. The van der Waals surface area contributed by atoms with Gasteiger partial charge in [-0.05, 0) is 42.8 Å². The van der Waals surface area contributed by atoms with E-state index < -0.39 is 0 Å². The van der Waals surface area contributed by atoms with E-state index in [1.54, 1.807) is 31.7 Å². The lowest BCUT2D eigenvalue weighted by Gasteiger charge is -2.27. The zero-order valence-corrected chi connectivity index (χ0v) is 24.2. The lowest BCUT2D eigenvalue weighted by molar-refractivity contribution is -0.111. The Bertz CT molecular complexity index is 1790. The van der Waals surface area contributed by atoms with E-state index in [0.29, 0.717) is 66.1 Å². The molecule has 1 aliphatic heterocycles. The fraction of sp³-hybridized carbons (Fsp3) is 0.250. The molecule has 1 unspecified atom stereocenters. The molecule has 0 saturated carbocycles. The summed E-state index contributed by atoms with van der Waals surface area (Å²) in [7, 11) is 1.57. The molecule has 44 heavy (non-hydrogen) atoms. The molecule has 0 radical (unpaired) electrons. The highest BCUT2D eigenvalue weighted by atomic mass is 16.5. The summed E-state index contributed by atoms with van der Waals surface area (Å²) in [5, 5.41) is 19.8. The molecule has 0 spiro atoms. The molecule has 1 saturated heterocycles. The number of nitrogens with one attached hydrogen (secondary N) is 4. The quantitative estimate of drug-likeness (QED) is 0.135. The average Bonchev–Trinajstić information content (AvgIpc) is 3.71. The van der Waals surface area contributed by atoms with Crippen LogP contribution in [0.4, 0.5) is 17.3 Å². The van der Waals surface area contributed by atoms with Gasteiger partial charge in [0.15, 0.2) is 0 Å². The minimum atomic E-state index is -0.346. The fourth-order valence-corrected chi connectivity index (χ4v) is 5.15. The van der Waals surface area contributed by atoms with Gasteiger partial charge >= 0.3 is 0 Å². The molecule has 5 N–H and O–H groups in total. The van der Waals surface area contributed by atoms with Gasteiger partial charge in [0, 0.05) is 54.5 Å². The number of methoxy groups -OCH3 is 1. The maximum absolute atomic E-state index is 12.3. The largest absolute Gasteiger partial charge is 0.495 e. The van der Waals surface area contributed by atoms with E-state index in [1.165, 1.54) is 6.08 Å². The number of ether oxygens (including phenoxy) is 2. The van der Waals surface area contributed by atoms with Gasteiger partial charge in [0.25, 0.3) is 0 Å². The third kappa shape index (κ3) is 6.18. The molecule has 0 aliphatic carbocycles. The zero-order chi connectivity index (χ0) is 30.5. The number of furan rings is 1. The van der Waals surface area contributed by atoms with Crippen LogP contribution in [0.3, 0.4) is 0 Å². The molecule has 226 valence electrons. The number of imidazole rings is 1. The van der Waals surface area contributed by atoms with Crippen LogP contribution in [-0.4, -0.2) is 64.4 Å². The molecular formula is C32H33N7O5. The second kappa shape index (κ2) is 13.1. The molecule has 6 rings (SSSR count). The van der Waals surface area contributed by atoms with E-state index in [9.17, 15) is 9.90 Å². The van der Waals surface area contributed by atoms with Gasteiger partial charge in [0.2, 0.25) is 11.9 Å². The van der Waals surface area contributed by atoms with Crippen molar-refractivity contribution in [1.82, 2.24) is 25.3 Å². The summed E-state index contributed by atoms with van der Waals surface area (Å²) in [5.41, 5.74) is 5.52. The average molecular weight is 596 g/mol. The number of hydrogen-bond donors (Lipinski definition) is 5. The number of carbonyl (C=O) groups excluding carboxylic acids is 1. The van der Waals surface area contributed by atoms with E-state index in [-0.39, 0.29) is 18.6 Å². The van der Waals surface area contributed by atoms with Crippen molar-refractivity contribution >= 4 is 34.2 Å². The van der Waals surface area contributed by atoms with Gasteiger partial charge in [-0.3, -0.25) is 4.79 Å². The zero-order valence-electron chi connectivity index (χ0n) is 24.2. The van der Waals surface area contributed by atoms with E-state index in [4.69, 9.17) is 23.9 Å². The molecule has 1 fully saturated rings. The Labute approximate surface area is 253 Å². The van der Waals surface area contributed by atoms with E-state index in [2.05, 4.69) is 32.5 Å². The summed E-state index contributed by atoms with van der Waals surface area (Å²) in [4.78, 5) is 29.8. The number of H-pyrrole nitrogens is 1. The number of aromatic nitrogens is 4. The first-order valence-corrected chi connectivity index (χ1v) is 14.3. The maximum Gasteiger partial charge on any atom is 0.247 e. The second-order valence-corrected chi connectivity index (χ2v) is 10.2. The molecule has 2 aromatic carbocycles. The summed E-state index contributed by atoms with van der Waals surface area (Å²) in [5.74, 6) is 1.22. The predicted molar refractivity (Wildman–Crippen MR) is 167 cm³/mol. The van der Waals surface area contributed by atoms with E-state index in [0.717, 1.165) is 34.5 Å². The van der Waals surface area contributed by atoms with Gasteiger partial charge in [-0.1, -0.05) is 18.7 Å². The molecule has 12 heteroatoms. The number of rotatable bonds is 11. The smallest absolute Gasteiger partial charge is 0.247 e. The number of aliphatic hydroxyl groups is 1. The first-order chi connectivity index (χ1) is 21.6. The molecule has 1 atom stereocenters. The summed E-state index contributed by atoms with van der Waals surface area (Å²) >= 11 is 0. The normalized spacial score (nSPS) is 14.8. The number of carbonyl (C=O) groups is 1. The Morgan fingerprint density at radius 3 is 2.91 bits per heavy atom. The van der Waals surface area contributed by atoms with Crippen LogP contribution in [0.1, 0.15) is 23.9 Å². The number of aliphatic hydroxyl groups excluding tert-OH is 1. The van der Waals surface area contributed by atoms with Crippen LogP contribution >= 0.6 is 0 Å². The third-order valence-electron chi connectivity index (χ3n) is 7.30. The molecule has 5 aromatic rings. The van der Waals surface area contributed by atoms with Crippen molar-refractivity contribution in [2.75, 3.05) is 44.0 Å². The van der Waals surface area contributed by atoms with E-state index >= 15 is 0 Å². The van der Waals surface area contributed by atoms with Crippen molar-refractivity contribution < 1.29 is 23.8 Å². The molecule has 12 nitrogen and oxygen atoms in total. The summed E-state index contributed by atoms with van der Waals surface area (Å²) in [6.45, 7) is 5.54. The Hall–Kier alpha value is -5.04. The Kier molecular flexibility index (Phi) is 8.64. The lowest BCUT2D eigenvalue weighted by Crippen LogP contribution is -2.33. The first kappa shape index (κ1) is 29.1. The highest BCUT2D eigenvalue weighted by Gasteiger charge is 2.23. The molecule has 1 aliphatic rings. The standard InChI is InChI=1S/C32H33N7O5/c1-3-29(41)35-23-17-24(26(42-2)16-21(23)27-18-33-11-14-44-27)37-32-34-10-8-22(36-32)31-30(38-28(39-31)5-4-12-40)20-7-6-19-9-13-43-25(19)15-20/h3,6-10,13,15-17,27,33,40H,1,4-5,11-12,14,18H2,2H3,(H,35,41)(H,38,39)(H,34,36,37). The highest BCUT2D eigenvalue weighted by molar-refractivity contribution is 6.00. The number of nitrogens with zero attached hydrogens (tertiary/aromatic N) is 3. The number of aryl methyl sites for hydroxylation is 1. The van der Waals surface area contributed by atoms with Crippen molar-refractivity contribution in [3.63, 3.8) is 0 Å². The second-order valence-electron chi connectivity index (χ2n) is 10.2. The molecular weight excluding hydrogens is 562 g/mol. The Morgan fingerprint density at radius 1 is 1.20 bits per heavy atom. The molecule has 0 bridgehead atoms. The van der Waals surface area contributed by atoms with Gasteiger partial charge in [-0.15, -0.1) is 0 Å². The van der Waals surface area contributed by atoms with Gasteiger partial charge in [-0.2, -0.15) is 0 Å². The van der Waals surface area contributed by atoms with Crippen LogP contribution in [0.5, 0.6) is 5.75 Å². The van der Waals surface area contributed by atoms with Gasteiger partial charge in [0.05, 0.1) is 48.9 Å². The monoisotopic (exact) mass is 595 g/mol. The number of aromatic amines is 1. The van der Waals surface area contributed by atoms with Crippen molar-refractivity contribution in [1.29, 1.82) is 0 Å². The Morgan fingerprint density at radius 2 is 2.11 bits per heavy atom. The van der Waals surface area contributed by atoms with Crippen molar-refractivity contribution in [2.24, 2.45) is 0 Å². The van der Waals surface area contributed by atoms with Crippen molar-refractivity contribution in [2.45, 2.75) is 18.9 Å².